The van der Waals surface area contributed by atoms with Crippen molar-refractivity contribution in [3.63, 3.8) is 0 Å². The second kappa shape index (κ2) is 5.03. The molecule has 0 aliphatic heterocycles. The molecular weight excluding hydrogens is 279 g/mol. The fourth-order valence-corrected chi connectivity index (χ4v) is 2.73. The summed E-state index contributed by atoms with van der Waals surface area (Å²) in [5.41, 5.74) is 3.57. The van der Waals surface area contributed by atoms with Gasteiger partial charge in [0.2, 0.25) is 0 Å². The number of nitrogens with two attached hydrogens (primary N) is 1. The Morgan fingerprint density at radius 3 is 3.10 bits per heavy atom. The summed E-state index contributed by atoms with van der Waals surface area (Å²) < 4.78 is 15.2. The van der Waals surface area contributed by atoms with Gasteiger partial charge in [-0.05, 0) is 29.7 Å². The first-order valence-electron chi connectivity index (χ1n) is 5.87. The van der Waals surface area contributed by atoms with Gasteiger partial charge in [0, 0.05) is 11.6 Å². The number of hydrazine groups is 1. The molecule has 0 saturated heterocycles. The van der Waals surface area contributed by atoms with Gasteiger partial charge in [0.25, 0.3) is 5.91 Å². The van der Waals surface area contributed by atoms with Crippen LogP contribution in [0.15, 0.2) is 35.8 Å². The van der Waals surface area contributed by atoms with Crippen molar-refractivity contribution < 1.29 is 9.18 Å². The van der Waals surface area contributed by atoms with E-state index in [1.807, 2.05) is 22.3 Å². The van der Waals surface area contributed by atoms with Gasteiger partial charge in [0.15, 0.2) is 5.01 Å². The first-order valence-corrected chi connectivity index (χ1v) is 6.75. The van der Waals surface area contributed by atoms with E-state index in [9.17, 15) is 9.18 Å². The topological polar surface area (TPSA) is 72.9 Å². The van der Waals surface area contributed by atoms with E-state index < -0.39 is 5.91 Å². The molecule has 2 heterocycles. The molecule has 0 spiro atoms. The monoisotopic (exact) mass is 290 g/mol. The van der Waals surface area contributed by atoms with Crippen molar-refractivity contribution in [1.82, 2.24) is 15.0 Å². The van der Waals surface area contributed by atoms with Gasteiger partial charge in [-0.2, -0.15) is 0 Å². The van der Waals surface area contributed by atoms with Gasteiger partial charge in [-0.15, -0.1) is 11.3 Å². The summed E-state index contributed by atoms with van der Waals surface area (Å²) >= 11 is 1.22. The fourth-order valence-electron chi connectivity index (χ4n) is 2.02. The molecule has 0 bridgehead atoms. The largest absolute Gasteiger partial charge is 0.341 e. The molecule has 0 atom stereocenters. The van der Waals surface area contributed by atoms with Crippen LogP contribution in [0.3, 0.4) is 0 Å². The highest BCUT2D eigenvalue weighted by Gasteiger charge is 2.10. The lowest BCUT2D eigenvalue weighted by Crippen LogP contribution is -2.29. The van der Waals surface area contributed by atoms with E-state index >= 15 is 0 Å². The SMILES string of the molecule is NNC(=O)c1nc(Cn2ccc3ccc(F)cc32)cs1. The molecule has 1 amide bonds. The highest BCUT2D eigenvalue weighted by Crippen LogP contribution is 2.19. The predicted molar refractivity (Wildman–Crippen MR) is 74.8 cm³/mol. The van der Waals surface area contributed by atoms with E-state index in [1.165, 1.54) is 23.5 Å². The molecule has 0 fully saturated rings. The third-order valence-electron chi connectivity index (χ3n) is 2.95. The van der Waals surface area contributed by atoms with Gasteiger partial charge in [0.1, 0.15) is 5.82 Å². The molecule has 0 aliphatic carbocycles. The first kappa shape index (κ1) is 12.8. The second-order valence-corrected chi connectivity index (χ2v) is 5.12. The summed E-state index contributed by atoms with van der Waals surface area (Å²) in [6, 6.07) is 6.55. The number of hydrogen-bond acceptors (Lipinski definition) is 4. The Hall–Kier alpha value is -2.25. The Kier molecular flexibility index (Phi) is 3.21. The van der Waals surface area contributed by atoms with Crippen molar-refractivity contribution in [2.24, 2.45) is 5.84 Å². The fraction of sp³-hybridized carbons (Fsp3) is 0.0769. The second-order valence-electron chi connectivity index (χ2n) is 4.26. The third-order valence-corrected chi connectivity index (χ3v) is 3.84. The predicted octanol–water partition coefficient (Wildman–Crippen LogP) is 1.89. The summed E-state index contributed by atoms with van der Waals surface area (Å²) in [6.45, 7) is 0.474. The Morgan fingerprint density at radius 2 is 2.30 bits per heavy atom. The Bertz CT molecular complexity index is 780. The number of fused-ring (bicyclic) bond motifs is 1. The number of aromatic nitrogens is 2. The molecule has 0 aliphatic rings. The van der Waals surface area contributed by atoms with Gasteiger partial charge in [-0.1, -0.05) is 0 Å². The van der Waals surface area contributed by atoms with E-state index in [0.717, 1.165) is 16.6 Å². The number of benzene rings is 1. The van der Waals surface area contributed by atoms with E-state index in [1.54, 1.807) is 11.4 Å². The number of amides is 1. The normalized spacial score (nSPS) is 10.9. The molecule has 1 aromatic carbocycles. The van der Waals surface area contributed by atoms with E-state index in [4.69, 9.17) is 5.84 Å². The zero-order valence-corrected chi connectivity index (χ0v) is 11.2. The van der Waals surface area contributed by atoms with Crippen LogP contribution in [-0.4, -0.2) is 15.5 Å². The first-order chi connectivity index (χ1) is 9.67. The molecule has 0 saturated carbocycles. The molecule has 0 radical (unpaired) electrons. The third kappa shape index (κ3) is 2.28. The minimum atomic E-state index is -0.412. The Balaban J connectivity index is 1.91. The number of nitrogens with one attached hydrogen (secondary N) is 1. The lowest BCUT2D eigenvalue weighted by Gasteiger charge is -2.02. The van der Waals surface area contributed by atoms with Gasteiger partial charge >= 0.3 is 0 Å². The molecule has 0 unspecified atom stereocenters. The quantitative estimate of drug-likeness (QED) is 0.439. The molecule has 102 valence electrons. The van der Waals surface area contributed by atoms with Crippen molar-refractivity contribution in [3.8, 4) is 0 Å². The Morgan fingerprint density at radius 1 is 1.45 bits per heavy atom. The van der Waals surface area contributed by atoms with Crippen molar-refractivity contribution in [2.75, 3.05) is 0 Å². The number of nitrogens with zero attached hydrogens (tertiary/aromatic N) is 2. The van der Waals surface area contributed by atoms with Crippen molar-refractivity contribution in [1.29, 1.82) is 0 Å². The minimum absolute atomic E-state index is 0.279. The average molecular weight is 290 g/mol. The molecule has 3 N–H and O–H groups in total. The van der Waals surface area contributed by atoms with Crippen LogP contribution in [0.4, 0.5) is 4.39 Å². The molecular formula is C13H11FN4OS. The van der Waals surface area contributed by atoms with Crippen LogP contribution in [-0.2, 0) is 6.54 Å². The van der Waals surface area contributed by atoms with Crippen molar-refractivity contribution in [3.05, 3.63) is 52.4 Å². The van der Waals surface area contributed by atoms with Crippen LogP contribution in [0.1, 0.15) is 15.5 Å². The van der Waals surface area contributed by atoms with Crippen LogP contribution in [0, 0.1) is 5.82 Å². The molecule has 2 aromatic heterocycles. The molecule has 5 nitrogen and oxygen atoms in total. The van der Waals surface area contributed by atoms with Crippen LogP contribution in [0.25, 0.3) is 10.9 Å². The standard InChI is InChI=1S/C13H11FN4OS/c14-9-2-1-8-3-4-18(11(8)5-9)6-10-7-20-13(16-10)12(19)17-15/h1-5,7H,6,15H2,(H,17,19). The number of rotatable bonds is 3. The number of nitrogen functional groups attached to an aromatic ring is 1. The summed E-state index contributed by atoms with van der Waals surface area (Å²) in [5, 5.41) is 3.06. The minimum Gasteiger partial charge on any atom is -0.341 e. The number of hydrogen-bond donors (Lipinski definition) is 2. The number of halogens is 1. The smallest absolute Gasteiger partial charge is 0.294 e. The highest BCUT2D eigenvalue weighted by molar-refractivity contribution is 7.11. The van der Waals surface area contributed by atoms with Crippen LogP contribution in [0.2, 0.25) is 0 Å². The molecule has 3 rings (SSSR count). The van der Waals surface area contributed by atoms with Crippen LogP contribution in [0.5, 0.6) is 0 Å². The zero-order valence-electron chi connectivity index (χ0n) is 10.3. The summed E-state index contributed by atoms with van der Waals surface area (Å²) in [7, 11) is 0. The lowest BCUT2D eigenvalue weighted by molar-refractivity contribution is 0.0953. The zero-order chi connectivity index (χ0) is 14.1. The number of thiazole rings is 1. The number of carbonyl (C=O) groups excluding carboxylic acids is 1. The van der Waals surface area contributed by atoms with E-state index in [0.29, 0.717) is 11.6 Å². The van der Waals surface area contributed by atoms with Gasteiger partial charge < -0.3 is 4.57 Å². The summed E-state index contributed by atoms with van der Waals surface area (Å²) in [6.07, 6.45) is 1.87. The maximum absolute atomic E-state index is 13.3. The van der Waals surface area contributed by atoms with Gasteiger partial charge in [0.05, 0.1) is 17.8 Å². The van der Waals surface area contributed by atoms with Gasteiger partial charge in [-0.25, -0.2) is 15.2 Å². The van der Waals surface area contributed by atoms with Crippen LogP contribution >= 0.6 is 11.3 Å². The van der Waals surface area contributed by atoms with E-state index in [-0.39, 0.29) is 5.82 Å². The number of carbonyl (C=O) groups is 1. The van der Waals surface area contributed by atoms with E-state index in [2.05, 4.69) is 4.98 Å². The van der Waals surface area contributed by atoms with Gasteiger partial charge in [-0.3, -0.25) is 10.2 Å². The highest BCUT2D eigenvalue weighted by atomic mass is 32.1. The van der Waals surface area contributed by atoms with Crippen LogP contribution < -0.4 is 11.3 Å². The van der Waals surface area contributed by atoms with Crippen molar-refractivity contribution >= 4 is 28.1 Å². The van der Waals surface area contributed by atoms with Crippen molar-refractivity contribution in [2.45, 2.75) is 6.54 Å². The molecule has 7 heteroatoms. The molecule has 20 heavy (non-hydrogen) atoms. The summed E-state index contributed by atoms with van der Waals surface area (Å²) in [5.74, 6) is 4.37. The molecule has 3 aromatic rings. The Labute approximate surface area is 117 Å². The average Bonchev–Trinajstić information content (AvgIpc) is 3.06. The lowest BCUT2D eigenvalue weighted by atomic mass is 10.2. The maximum Gasteiger partial charge on any atom is 0.294 e. The maximum atomic E-state index is 13.3. The summed E-state index contributed by atoms with van der Waals surface area (Å²) in [4.78, 5) is 15.5.